The van der Waals surface area contributed by atoms with Crippen molar-refractivity contribution in [2.24, 2.45) is 5.73 Å². The van der Waals surface area contributed by atoms with E-state index < -0.39 is 0 Å². The highest BCUT2D eigenvalue weighted by atomic mass is 16.5. The molecule has 0 spiro atoms. The van der Waals surface area contributed by atoms with Crippen molar-refractivity contribution in [1.82, 2.24) is 25.1 Å². The highest BCUT2D eigenvalue weighted by Crippen LogP contribution is 2.44. The Bertz CT molecular complexity index is 1450. The van der Waals surface area contributed by atoms with E-state index in [0.717, 1.165) is 70.4 Å². The van der Waals surface area contributed by atoms with Crippen LogP contribution in [0.4, 0.5) is 17.5 Å². The minimum atomic E-state index is 0.0954. The number of rotatable bonds is 8. The van der Waals surface area contributed by atoms with Crippen molar-refractivity contribution in [3.8, 4) is 11.5 Å². The van der Waals surface area contributed by atoms with Crippen molar-refractivity contribution in [2.75, 3.05) is 29.5 Å². The number of fused-ring (bicyclic) bond motifs is 2. The average molecular weight is 588 g/mol. The Labute approximate surface area is 251 Å². The number of hydrogen-bond donors (Lipinski definition) is 5. The summed E-state index contributed by atoms with van der Waals surface area (Å²) >= 11 is 0. The largest absolute Gasteiger partial charge is 0.507 e. The van der Waals surface area contributed by atoms with Gasteiger partial charge in [0.15, 0.2) is 11.6 Å². The lowest BCUT2D eigenvalue weighted by atomic mass is 9.91. The number of aromatic hydroxyl groups is 1. The first kappa shape index (κ1) is 27.8. The third kappa shape index (κ3) is 5.56. The molecule has 1 aromatic carbocycles. The van der Waals surface area contributed by atoms with Gasteiger partial charge < -0.3 is 42.0 Å². The number of para-hydroxylation sites is 1. The summed E-state index contributed by atoms with van der Waals surface area (Å²) < 4.78 is 14.3. The Balaban J connectivity index is 0.995. The summed E-state index contributed by atoms with van der Waals surface area (Å²) in [5.74, 6) is 1.83. The molecule has 3 aromatic rings. The highest BCUT2D eigenvalue weighted by Gasteiger charge is 2.43. The van der Waals surface area contributed by atoms with Gasteiger partial charge in [0.2, 0.25) is 5.95 Å². The molecule has 2 aromatic heterocycles. The van der Waals surface area contributed by atoms with Gasteiger partial charge in [0.25, 0.3) is 0 Å². The number of ether oxygens (including phenoxy) is 2. The van der Waals surface area contributed by atoms with E-state index >= 15 is 0 Å². The van der Waals surface area contributed by atoms with E-state index in [9.17, 15) is 5.11 Å². The van der Waals surface area contributed by atoms with Crippen LogP contribution in [0.2, 0.25) is 0 Å². The number of nitrogen functional groups attached to an aromatic ring is 2. The normalized spacial score (nSPS) is 27.7. The van der Waals surface area contributed by atoms with Gasteiger partial charge in [-0.15, -0.1) is 0 Å². The molecule has 12 nitrogen and oxygen atoms in total. The van der Waals surface area contributed by atoms with Crippen molar-refractivity contribution in [3.63, 3.8) is 0 Å². The van der Waals surface area contributed by atoms with Gasteiger partial charge in [-0.2, -0.15) is 5.10 Å². The van der Waals surface area contributed by atoms with Crippen LogP contribution in [-0.2, 0) is 4.74 Å². The number of hydrogen-bond acceptors (Lipinski definition) is 11. The minimum absolute atomic E-state index is 0.0954. The Kier molecular flexibility index (Phi) is 7.48. The summed E-state index contributed by atoms with van der Waals surface area (Å²) in [6.07, 6.45) is 14.0. The number of nitrogens with two attached hydrogens (primary N) is 3. The second-order valence-electron chi connectivity index (χ2n) is 12.3. The SMILES string of the molecule is N/C(=C\c1c(N)c(N)nn1C1CC2CCC(C1)N2c1ncc(OC2CC(OC3CCNCC3)C2)cn1)c1ccccc1O. The van der Waals surface area contributed by atoms with Gasteiger partial charge in [0, 0.05) is 36.2 Å². The molecule has 4 fully saturated rings. The number of phenolic OH excluding ortho intramolecular Hbond substituents is 1. The molecule has 1 saturated carbocycles. The molecule has 2 bridgehead atoms. The standard InChI is InChI=1S/C31H41N9O3/c32-26(25-3-1-2-4-28(25)41)15-27-29(33)30(34)38-40(27)20-11-18-5-6-19(12-20)39(18)31-36-16-24(17-37-31)43-23-13-22(14-23)42-21-7-9-35-10-8-21/h1-4,15-23,35,41H,5-14,32-33H2,(H2,34,38)/b26-15-. The molecule has 0 amide bonds. The van der Waals surface area contributed by atoms with Crippen molar-refractivity contribution >= 4 is 29.2 Å². The number of nitrogens with zero attached hydrogens (tertiary/aromatic N) is 5. The van der Waals surface area contributed by atoms with Gasteiger partial charge in [-0.05, 0) is 69.8 Å². The van der Waals surface area contributed by atoms with Crippen LogP contribution < -0.4 is 32.2 Å². The molecule has 0 radical (unpaired) electrons. The number of nitrogens with one attached hydrogen (secondary N) is 1. The summed E-state index contributed by atoms with van der Waals surface area (Å²) in [7, 11) is 0. The lowest BCUT2D eigenvalue weighted by Gasteiger charge is -2.39. The van der Waals surface area contributed by atoms with Crippen molar-refractivity contribution in [3.05, 3.63) is 47.9 Å². The fraction of sp³-hybridized carbons (Fsp3) is 0.516. The Morgan fingerprint density at radius 1 is 0.907 bits per heavy atom. The van der Waals surface area contributed by atoms with E-state index in [2.05, 4.69) is 15.3 Å². The number of anilines is 3. The van der Waals surface area contributed by atoms with E-state index in [1.165, 1.54) is 0 Å². The Morgan fingerprint density at radius 3 is 2.30 bits per heavy atom. The second kappa shape index (κ2) is 11.6. The first-order valence-electron chi connectivity index (χ1n) is 15.4. The van der Waals surface area contributed by atoms with Crippen LogP contribution in [0.3, 0.4) is 0 Å². The average Bonchev–Trinajstić information content (AvgIpc) is 3.43. The van der Waals surface area contributed by atoms with Crippen LogP contribution in [0, 0.1) is 0 Å². The highest BCUT2D eigenvalue weighted by molar-refractivity contribution is 5.86. The summed E-state index contributed by atoms with van der Waals surface area (Å²) in [4.78, 5) is 11.8. The molecule has 43 heavy (non-hydrogen) atoms. The predicted octanol–water partition coefficient (Wildman–Crippen LogP) is 3.05. The predicted molar refractivity (Wildman–Crippen MR) is 165 cm³/mol. The second-order valence-corrected chi connectivity index (χ2v) is 12.3. The number of aromatic nitrogens is 4. The molecular formula is C31H41N9O3. The maximum Gasteiger partial charge on any atom is 0.226 e. The molecule has 2 atom stereocenters. The smallest absolute Gasteiger partial charge is 0.226 e. The van der Waals surface area contributed by atoms with Crippen LogP contribution in [0.5, 0.6) is 11.5 Å². The Hall–Kier alpha value is -4.03. The maximum absolute atomic E-state index is 10.3. The molecule has 3 saturated heterocycles. The summed E-state index contributed by atoms with van der Waals surface area (Å²) in [5.41, 5.74) is 20.9. The van der Waals surface area contributed by atoms with Crippen LogP contribution >= 0.6 is 0 Å². The summed E-state index contributed by atoms with van der Waals surface area (Å²) in [6, 6.07) is 7.60. The number of benzene rings is 1. The summed E-state index contributed by atoms with van der Waals surface area (Å²) in [6.45, 7) is 2.09. The fourth-order valence-electron chi connectivity index (χ4n) is 7.14. The van der Waals surface area contributed by atoms with E-state index in [-0.39, 0.29) is 35.8 Å². The minimum Gasteiger partial charge on any atom is -0.507 e. The van der Waals surface area contributed by atoms with Gasteiger partial charge in [-0.1, -0.05) is 12.1 Å². The van der Waals surface area contributed by atoms with Gasteiger partial charge in [-0.3, -0.25) is 4.68 Å². The molecule has 228 valence electrons. The Morgan fingerprint density at radius 2 is 1.60 bits per heavy atom. The third-order valence-electron chi connectivity index (χ3n) is 9.45. The van der Waals surface area contributed by atoms with Gasteiger partial charge >= 0.3 is 0 Å². The van der Waals surface area contributed by atoms with Crippen LogP contribution in [0.15, 0.2) is 36.7 Å². The van der Waals surface area contributed by atoms with Gasteiger partial charge in [0.1, 0.15) is 17.5 Å². The van der Waals surface area contributed by atoms with E-state index in [4.69, 9.17) is 36.6 Å². The van der Waals surface area contributed by atoms with E-state index in [1.807, 2.05) is 10.7 Å². The molecule has 1 aliphatic carbocycles. The number of phenols is 1. The zero-order valence-corrected chi connectivity index (χ0v) is 24.3. The quantitative estimate of drug-likeness (QED) is 0.262. The monoisotopic (exact) mass is 587 g/mol. The first-order chi connectivity index (χ1) is 20.9. The van der Waals surface area contributed by atoms with Crippen molar-refractivity contribution in [2.45, 2.75) is 87.8 Å². The topological polar surface area (TPSA) is 176 Å². The van der Waals surface area contributed by atoms with Crippen molar-refractivity contribution in [1.29, 1.82) is 0 Å². The first-order valence-corrected chi connectivity index (χ1v) is 15.4. The fourth-order valence-corrected chi connectivity index (χ4v) is 7.14. The zero-order valence-electron chi connectivity index (χ0n) is 24.3. The van der Waals surface area contributed by atoms with Crippen molar-refractivity contribution < 1.29 is 14.6 Å². The molecule has 2 unspecified atom stereocenters. The molecule has 7 rings (SSSR count). The third-order valence-corrected chi connectivity index (χ3v) is 9.45. The summed E-state index contributed by atoms with van der Waals surface area (Å²) in [5, 5.41) is 18.3. The maximum atomic E-state index is 10.3. The molecule has 3 aliphatic heterocycles. The molecule has 8 N–H and O–H groups in total. The molecular weight excluding hydrogens is 546 g/mol. The van der Waals surface area contributed by atoms with Crippen LogP contribution in [-0.4, -0.2) is 68.3 Å². The molecule has 4 aliphatic rings. The molecule has 5 heterocycles. The number of piperidine rings is 2. The van der Waals surface area contributed by atoms with E-state index in [1.54, 1.807) is 36.7 Å². The zero-order chi connectivity index (χ0) is 29.5. The van der Waals surface area contributed by atoms with Crippen LogP contribution in [0.1, 0.15) is 68.7 Å². The van der Waals surface area contributed by atoms with Gasteiger partial charge in [0.05, 0.1) is 36.3 Å². The van der Waals surface area contributed by atoms with Gasteiger partial charge in [-0.25, -0.2) is 9.97 Å². The lowest BCUT2D eigenvalue weighted by molar-refractivity contribution is -0.103. The van der Waals surface area contributed by atoms with Crippen LogP contribution in [0.25, 0.3) is 11.8 Å². The van der Waals surface area contributed by atoms with E-state index in [0.29, 0.717) is 40.6 Å². The lowest BCUT2D eigenvalue weighted by Crippen LogP contribution is -2.45. The molecule has 12 heteroatoms.